The van der Waals surface area contributed by atoms with E-state index in [0.717, 1.165) is 18.7 Å². The van der Waals surface area contributed by atoms with Crippen LogP contribution in [0.1, 0.15) is 22.3 Å². The number of nitrogens with zero attached hydrogens (tertiary/aromatic N) is 2. The minimum atomic E-state index is -4.68. The molecule has 1 N–H and O–H groups in total. The molecule has 2 heterocycles. The number of carboxylic acid groups (broad SMARTS) is 1. The summed E-state index contributed by atoms with van der Waals surface area (Å²) < 4.78 is 38.0. The molecule has 4 nitrogen and oxygen atoms in total. The van der Waals surface area contributed by atoms with Crippen molar-refractivity contribution in [2.45, 2.75) is 12.6 Å². The average molecular weight is 246 g/mol. The monoisotopic (exact) mass is 246 g/mol. The van der Waals surface area contributed by atoms with Crippen molar-refractivity contribution in [3.63, 3.8) is 0 Å². The van der Waals surface area contributed by atoms with Crippen molar-refractivity contribution in [1.29, 1.82) is 0 Å². The van der Waals surface area contributed by atoms with Gasteiger partial charge >= 0.3 is 12.1 Å². The number of aromatic carboxylic acids is 1. The first-order valence-corrected chi connectivity index (χ1v) is 4.95. The van der Waals surface area contributed by atoms with Gasteiger partial charge in [0.25, 0.3) is 0 Å². The highest BCUT2D eigenvalue weighted by molar-refractivity contribution is 5.89. The molecule has 92 valence electrons. The number of hydrogen-bond donors (Lipinski definition) is 1. The van der Waals surface area contributed by atoms with Gasteiger partial charge in [-0.1, -0.05) is 0 Å². The normalized spacial score (nSPS) is 15.6. The molecule has 0 saturated carbocycles. The first-order chi connectivity index (χ1) is 7.89. The van der Waals surface area contributed by atoms with Crippen LogP contribution in [0.5, 0.6) is 0 Å². The Kier molecular flexibility index (Phi) is 2.68. The molecule has 0 aromatic carbocycles. The van der Waals surface area contributed by atoms with Gasteiger partial charge in [-0.25, -0.2) is 9.78 Å². The fourth-order valence-electron chi connectivity index (χ4n) is 1.57. The number of alkyl halides is 3. The molecule has 1 aromatic heterocycles. The SMILES string of the molecule is O=C(O)c1cnc(N2CCC2)cc1C(F)(F)F. The zero-order valence-corrected chi connectivity index (χ0v) is 8.66. The van der Waals surface area contributed by atoms with Crippen molar-refractivity contribution < 1.29 is 23.1 Å². The number of pyridine rings is 1. The van der Waals surface area contributed by atoms with E-state index in [1.54, 1.807) is 4.90 Å². The van der Waals surface area contributed by atoms with Gasteiger partial charge in [0.2, 0.25) is 0 Å². The van der Waals surface area contributed by atoms with Crippen molar-refractivity contribution in [3.8, 4) is 0 Å². The Bertz CT molecular complexity index is 455. The smallest absolute Gasteiger partial charge is 0.417 e. The molecule has 0 radical (unpaired) electrons. The zero-order valence-electron chi connectivity index (χ0n) is 8.66. The van der Waals surface area contributed by atoms with Gasteiger partial charge in [-0.2, -0.15) is 13.2 Å². The molecule has 1 aliphatic heterocycles. The zero-order chi connectivity index (χ0) is 12.6. The van der Waals surface area contributed by atoms with Gasteiger partial charge in [0.05, 0.1) is 11.1 Å². The van der Waals surface area contributed by atoms with Crippen LogP contribution in [0.2, 0.25) is 0 Å². The molecule has 1 fully saturated rings. The van der Waals surface area contributed by atoms with Gasteiger partial charge in [0.1, 0.15) is 5.82 Å². The lowest BCUT2D eigenvalue weighted by molar-refractivity contribution is -0.138. The van der Waals surface area contributed by atoms with Gasteiger partial charge < -0.3 is 10.0 Å². The van der Waals surface area contributed by atoms with Crippen molar-refractivity contribution in [2.24, 2.45) is 0 Å². The lowest BCUT2D eigenvalue weighted by Crippen LogP contribution is -2.37. The molecule has 0 unspecified atom stereocenters. The number of rotatable bonds is 2. The van der Waals surface area contributed by atoms with Gasteiger partial charge in [-0.05, 0) is 12.5 Å². The highest BCUT2D eigenvalue weighted by atomic mass is 19.4. The van der Waals surface area contributed by atoms with Crippen molar-refractivity contribution in [1.82, 2.24) is 4.98 Å². The number of hydrogen-bond acceptors (Lipinski definition) is 3. The maximum absolute atomic E-state index is 12.7. The Morgan fingerprint density at radius 2 is 2.06 bits per heavy atom. The van der Waals surface area contributed by atoms with Gasteiger partial charge in [-0.15, -0.1) is 0 Å². The number of anilines is 1. The molecule has 0 atom stereocenters. The second kappa shape index (κ2) is 3.90. The van der Waals surface area contributed by atoms with E-state index in [9.17, 15) is 18.0 Å². The fourth-order valence-corrected chi connectivity index (χ4v) is 1.57. The van der Waals surface area contributed by atoms with E-state index < -0.39 is 23.3 Å². The van der Waals surface area contributed by atoms with Crippen LogP contribution < -0.4 is 4.90 Å². The summed E-state index contributed by atoms with van der Waals surface area (Å²) in [6.07, 6.45) is -3.02. The van der Waals surface area contributed by atoms with Crippen LogP contribution in [-0.2, 0) is 6.18 Å². The molecule has 0 aliphatic carbocycles. The molecule has 7 heteroatoms. The Morgan fingerprint density at radius 1 is 1.41 bits per heavy atom. The van der Waals surface area contributed by atoms with E-state index >= 15 is 0 Å². The van der Waals surface area contributed by atoms with Crippen LogP contribution in [-0.4, -0.2) is 29.1 Å². The lowest BCUT2D eigenvalue weighted by Gasteiger charge is -2.32. The van der Waals surface area contributed by atoms with Gasteiger partial charge in [0.15, 0.2) is 0 Å². The predicted octanol–water partition coefficient (Wildman–Crippen LogP) is 2.01. The summed E-state index contributed by atoms with van der Waals surface area (Å²) in [6, 6.07) is 0.794. The lowest BCUT2D eigenvalue weighted by atomic mass is 10.1. The maximum Gasteiger partial charge on any atom is 0.417 e. The van der Waals surface area contributed by atoms with E-state index in [-0.39, 0.29) is 5.82 Å². The van der Waals surface area contributed by atoms with E-state index in [1.165, 1.54) is 0 Å². The average Bonchev–Trinajstić information content (AvgIpc) is 2.13. The molecule has 17 heavy (non-hydrogen) atoms. The highest BCUT2D eigenvalue weighted by Crippen LogP contribution is 2.34. The third-order valence-corrected chi connectivity index (χ3v) is 2.61. The molecular formula is C10H9F3N2O2. The summed E-state index contributed by atoms with van der Waals surface area (Å²) in [5.74, 6) is -1.45. The summed E-state index contributed by atoms with van der Waals surface area (Å²) in [5.41, 5.74) is -1.97. The van der Waals surface area contributed by atoms with Crippen LogP contribution in [0.3, 0.4) is 0 Å². The third-order valence-electron chi connectivity index (χ3n) is 2.61. The topological polar surface area (TPSA) is 53.4 Å². The second-order valence-corrected chi connectivity index (χ2v) is 3.73. The molecule has 1 aliphatic rings. The Morgan fingerprint density at radius 3 is 2.47 bits per heavy atom. The predicted molar refractivity (Wildman–Crippen MR) is 53.0 cm³/mol. The number of aromatic nitrogens is 1. The van der Waals surface area contributed by atoms with E-state index in [1.807, 2.05) is 0 Å². The van der Waals surface area contributed by atoms with Gasteiger partial charge in [0, 0.05) is 19.3 Å². The Hall–Kier alpha value is -1.79. The number of carbonyl (C=O) groups is 1. The standard InChI is InChI=1S/C10H9F3N2O2/c11-10(12,13)7-4-8(15-2-1-3-15)14-5-6(7)9(16)17/h4-5H,1-3H2,(H,16,17). The molecule has 1 saturated heterocycles. The van der Waals surface area contributed by atoms with Crippen molar-refractivity contribution in [3.05, 3.63) is 23.4 Å². The molecule has 2 rings (SSSR count). The second-order valence-electron chi connectivity index (χ2n) is 3.73. The Labute approximate surface area is 94.7 Å². The highest BCUT2D eigenvalue weighted by Gasteiger charge is 2.36. The molecule has 0 spiro atoms. The summed E-state index contributed by atoms with van der Waals surface area (Å²) in [7, 11) is 0. The molecule has 1 aromatic rings. The summed E-state index contributed by atoms with van der Waals surface area (Å²) >= 11 is 0. The largest absolute Gasteiger partial charge is 0.478 e. The fraction of sp³-hybridized carbons (Fsp3) is 0.400. The summed E-state index contributed by atoms with van der Waals surface area (Å²) in [4.78, 5) is 16.1. The van der Waals surface area contributed by atoms with Crippen LogP contribution >= 0.6 is 0 Å². The van der Waals surface area contributed by atoms with E-state index in [0.29, 0.717) is 13.1 Å². The van der Waals surface area contributed by atoms with Crippen LogP contribution in [0.4, 0.5) is 19.0 Å². The minimum absolute atomic E-state index is 0.175. The first-order valence-electron chi connectivity index (χ1n) is 4.95. The molecular weight excluding hydrogens is 237 g/mol. The van der Waals surface area contributed by atoms with Crippen LogP contribution in [0, 0.1) is 0 Å². The van der Waals surface area contributed by atoms with Crippen LogP contribution in [0.25, 0.3) is 0 Å². The van der Waals surface area contributed by atoms with E-state index in [2.05, 4.69) is 4.98 Å². The minimum Gasteiger partial charge on any atom is -0.478 e. The van der Waals surface area contributed by atoms with Crippen molar-refractivity contribution >= 4 is 11.8 Å². The van der Waals surface area contributed by atoms with Crippen LogP contribution in [0.15, 0.2) is 12.3 Å². The summed E-state index contributed by atoms with van der Waals surface area (Å²) in [6.45, 7) is 1.30. The summed E-state index contributed by atoms with van der Waals surface area (Å²) in [5, 5.41) is 8.68. The number of carboxylic acids is 1. The molecule has 0 amide bonds. The quantitative estimate of drug-likeness (QED) is 0.867. The van der Waals surface area contributed by atoms with E-state index in [4.69, 9.17) is 5.11 Å². The van der Waals surface area contributed by atoms with Gasteiger partial charge in [-0.3, -0.25) is 0 Å². The third kappa shape index (κ3) is 2.17. The Balaban J connectivity index is 2.46. The molecule has 0 bridgehead atoms. The number of halogens is 3. The van der Waals surface area contributed by atoms with Crippen molar-refractivity contribution in [2.75, 3.05) is 18.0 Å². The first kappa shape index (κ1) is 11.7. The maximum atomic E-state index is 12.7.